The minimum Gasteiger partial charge on any atom is -0.423 e. The zero-order chi connectivity index (χ0) is 26.4. The number of allylic oxidation sites excluding steroid dienone is 1. The molecule has 0 bridgehead atoms. The van der Waals surface area contributed by atoms with Gasteiger partial charge >= 0.3 is 12.2 Å². The highest BCUT2D eigenvalue weighted by Crippen LogP contribution is 2.39. The van der Waals surface area contributed by atoms with E-state index in [1.54, 1.807) is 6.07 Å². The number of fused-ring (bicyclic) bond motifs is 1. The molecule has 2 aliphatic heterocycles. The molecule has 2 fully saturated rings. The van der Waals surface area contributed by atoms with E-state index in [1.807, 2.05) is 17.0 Å². The molecule has 0 amide bonds. The van der Waals surface area contributed by atoms with E-state index in [9.17, 15) is 13.2 Å². The molecule has 2 aromatic rings. The van der Waals surface area contributed by atoms with Gasteiger partial charge in [0.1, 0.15) is 23.2 Å². The molecule has 7 nitrogen and oxygen atoms in total. The topological polar surface area (TPSA) is 65.9 Å². The lowest BCUT2D eigenvalue weighted by Gasteiger charge is -2.35. The molecule has 3 heterocycles. The van der Waals surface area contributed by atoms with E-state index < -0.39 is 12.7 Å². The second kappa shape index (κ2) is 9.89. The molecule has 6 rings (SSSR count). The van der Waals surface area contributed by atoms with Gasteiger partial charge in [0, 0.05) is 37.8 Å². The van der Waals surface area contributed by atoms with Crippen molar-refractivity contribution in [2.24, 2.45) is 10.9 Å². The molecule has 1 aromatic heterocycles. The van der Waals surface area contributed by atoms with Gasteiger partial charge in [0.25, 0.3) is 0 Å². The predicted octanol–water partition coefficient (Wildman–Crippen LogP) is 5.73. The lowest BCUT2D eigenvalue weighted by molar-refractivity contribution is -0.146. The summed E-state index contributed by atoms with van der Waals surface area (Å²) in [6, 6.07) is 5.70. The zero-order valence-electron chi connectivity index (χ0n) is 21.0. The van der Waals surface area contributed by atoms with Crippen molar-refractivity contribution >= 4 is 35.1 Å². The molecule has 38 heavy (non-hydrogen) atoms. The Morgan fingerprint density at radius 2 is 1.89 bits per heavy atom. The third kappa shape index (κ3) is 5.66. The molecular weight excluding hydrogens is 517 g/mol. The number of alkyl halides is 3. The molecule has 0 spiro atoms. The van der Waals surface area contributed by atoms with Gasteiger partial charge < -0.3 is 15.0 Å². The van der Waals surface area contributed by atoms with Crippen molar-refractivity contribution in [2.75, 3.05) is 49.5 Å². The highest BCUT2D eigenvalue weighted by molar-refractivity contribution is 6.33. The number of nitrogens with zero attached hydrogens (tertiary/aromatic N) is 5. The van der Waals surface area contributed by atoms with Crippen LogP contribution < -0.4 is 15.0 Å². The van der Waals surface area contributed by atoms with Gasteiger partial charge in [-0.25, -0.2) is 0 Å². The Bertz CT molecular complexity index is 1340. The monoisotopic (exact) mass is 544 g/mol. The van der Waals surface area contributed by atoms with E-state index in [4.69, 9.17) is 16.3 Å². The van der Waals surface area contributed by atoms with Crippen LogP contribution in [0.3, 0.4) is 0 Å². The summed E-state index contributed by atoms with van der Waals surface area (Å²) in [4.78, 5) is 17.1. The van der Waals surface area contributed by atoms with Crippen molar-refractivity contribution in [1.29, 1.82) is 0 Å². The first-order valence-corrected chi connectivity index (χ1v) is 13.2. The lowest BCUT2D eigenvalue weighted by atomic mass is 10.1. The number of benzene rings is 1. The van der Waals surface area contributed by atoms with Gasteiger partial charge in [0.15, 0.2) is 0 Å². The molecule has 11 heteroatoms. The number of piperazine rings is 1. The van der Waals surface area contributed by atoms with Crippen LogP contribution in [-0.4, -0.2) is 66.1 Å². The summed E-state index contributed by atoms with van der Waals surface area (Å²) in [6.07, 6.45) is 3.18. The summed E-state index contributed by atoms with van der Waals surface area (Å²) in [7, 11) is 0. The number of amidine groups is 1. The lowest BCUT2D eigenvalue weighted by Crippen LogP contribution is -2.49. The van der Waals surface area contributed by atoms with Crippen LogP contribution in [0.15, 0.2) is 40.4 Å². The minimum absolute atomic E-state index is 0.105. The van der Waals surface area contributed by atoms with E-state index in [0.29, 0.717) is 48.0 Å². The summed E-state index contributed by atoms with van der Waals surface area (Å²) < 4.78 is 44.7. The minimum atomic E-state index is -4.22. The molecule has 4 aliphatic rings. The van der Waals surface area contributed by atoms with E-state index in [0.717, 1.165) is 23.4 Å². The zero-order valence-corrected chi connectivity index (χ0v) is 21.7. The van der Waals surface area contributed by atoms with Crippen LogP contribution in [0.5, 0.6) is 11.8 Å². The van der Waals surface area contributed by atoms with Crippen molar-refractivity contribution in [2.45, 2.75) is 32.4 Å². The highest BCUT2D eigenvalue weighted by atomic mass is 35.5. The second-order valence-electron chi connectivity index (χ2n) is 10.3. The number of nitrogens with one attached hydrogen (secondary N) is 1. The number of hydrogen-bond acceptors (Lipinski definition) is 7. The molecule has 1 saturated carbocycles. The maximum Gasteiger partial charge on any atom is 0.401 e. The van der Waals surface area contributed by atoms with Crippen molar-refractivity contribution in [3.05, 3.63) is 51.6 Å². The van der Waals surface area contributed by atoms with Gasteiger partial charge in [-0.2, -0.15) is 23.1 Å². The van der Waals surface area contributed by atoms with Crippen molar-refractivity contribution in [1.82, 2.24) is 14.9 Å². The number of ether oxygens (including phenoxy) is 1. The van der Waals surface area contributed by atoms with E-state index >= 15 is 0 Å². The normalized spacial score (nSPS) is 19.7. The number of aromatic nitrogens is 2. The quantitative estimate of drug-likeness (QED) is 0.501. The maximum absolute atomic E-state index is 12.9. The van der Waals surface area contributed by atoms with Crippen LogP contribution in [0.2, 0.25) is 5.02 Å². The van der Waals surface area contributed by atoms with Gasteiger partial charge in [-0.05, 0) is 55.4 Å². The fourth-order valence-corrected chi connectivity index (χ4v) is 5.40. The number of rotatable bonds is 6. The highest BCUT2D eigenvalue weighted by Gasteiger charge is 2.33. The Labute approximate surface area is 224 Å². The van der Waals surface area contributed by atoms with Gasteiger partial charge in [-0.3, -0.25) is 9.89 Å². The van der Waals surface area contributed by atoms with Crippen molar-refractivity contribution < 1.29 is 17.9 Å². The third-order valence-electron chi connectivity index (χ3n) is 7.20. The van der Waals surface area contributed by atoms with Crippen LogP contribution in [0.4, 0.5) is 24.8 Å². The van der Waals surface area contributed by atoms with Crippen molar-refractivity contribution in [3.63, 3.8) is 0 Å². The summed E-state index contributed by atoms with van der Waals surface area (Å²) in [6.45, 7) is 3.21. The SMILES string of the molecule is CC1=Cc2c(ccc(Oc3nc(NC4=NCC(C5CC5)=C4)cc(N4CCN(CC(F)(F)F)CC4)n3)c2Cl)C1. The Morgan fingerprint density at radius 1 is 1.11 bits per heavy atom. The fourth-order valence-electron chi connectivity index (χ4n) is 5.12. The molecule has 0 unspecified atom stereocenters. The number of anilines is 2. The fraction of sp³-hybridized carbons (Fsp3) is 0.444. The van der Waals surface area contributed by atoms with Gasteiger partial charge in [-0.15, -0.1) is 0 Å². The van der Waals surface area contributed by atoms with E-state index in [-0.39, 0.29) is 19.1 Å². The molecular formula is C27H28ClF3N6O. The average molecular weight is 545 g/mol. The Morgan fingerprint density at radius 3 is 2.63 bits per heavy atom. The van der Waals surface area contributed by atoms with Crippen LogP contribution in [0, 0.1) is 5.92 Å². The summed E-state index contributed by atoms with van der Waals surface area (Å²) in [5.74, 6) is 2.88. The van der Waals surface area contributed by atoms with Crippen LogP contribution in [0.1, 0.15) is 30.9 Å². The molecule has 0 atom stereocenters. The van der Waals surface area contributed by atoms with E-state index in [1.165, 1.54) is 28.9 Å². The summed E-state index contributed by atoms with van der Waals surface area (Å²) >= 11 is 6.68. The molecule has 1 N–H and O–H groups in total. The number of hydrogen-bond donors (Lipinski definition) is 1. The third-order valence-corrected chi connectivity index (χ3v) is 7.59. The average Bonchev–Trinajstić information content (AvgIpc) is 3.49. The molecule has 0 radical (unpaired) electrons. The summed E-state index contributed by atoms with van der Waals surface area (Å²) in [5, 5.41) is 3.78. The first-order valence-electron chi connectivity index (χ1n) is 12.8. The van der Waals surface area contributed by atoms with Crippen LogP contribution in [0.25, 0.3) is 6.08 Å². The first kappa shape index (κ1) is 25.2. The Balaban J connectivity index is 1.25. The molecule has 200 valence electrons. The molecule has 2 aliphatic carbocycles. The van der Waals surface area contributed by atoms with Crippen molar-refractivity contribution in [3.8, 4) is 11.8 Å². The Hall–Kier alpha value is -3.11. The standard InChI is InChI=1S/C27H28ClF3N6O/c1-16-10-18-4-5-21(25(28)20(18)11-16)38-26-34-23(33-22-12-19(14-32-22)17-2-3-17)13-24(35-26)37-8-6-36(7-9-37)15-27(29,30)31/h4-5,11-13,17H,2-3,6-10,14-15H2,1H3,(H,32,33,34,35). The summed E-state index contributed by atoms with van der Waals surface area (Å²) in [5.41, 5.74) is 4.64. The number of aliphatic imine (C=N–C) groups is 1. The largest absolute Gasteiger partial charge is 0.423 e. The van der Waals surface area contributed by atoms with E-state index in [2.05, 4.69) is 39.4 Å². The van der Waals surface area contributed by atoms with Gasteiger partial charge in [0.2, 0.25) is 0 Å². The maximum atomic E-state index is 12.9. The van der Waals surface area contributed by atoms with Crippen LogP contribution in [-0.2, 0) is 6.42 Å². The Kier molecular flexibility index (Phi) is 6.55. The predicted molar refractivity (Wildman–Crippen MR) is 142 cm³/mol. The second-order valence-corrected chi connectivity index (χ2v) is 10.7. The smallest absolute Gasteiger partial charge is 0.401 e. The first-order chi connectivity index (χ1) is 18.2. The van der Waals surface area contributed by atoms with Gasteiger partial charge in [-0.1, -0.05) is 29.3 Å². The van der Waals surface area contributed by atoms with Gasteiger partial charge in [0.05, 0.1) is 18.1 Å². The van der Waals surface area contributed by atoms with Crippen LogP contribution >= 0.6 is 11.6 Å². The molecule has 1 aromatic carbocycles. The molecule has 1 saturated heterocycles. The number of halogens is 4.